The van der Waals surface area contributed by atoms with Crippen molar-refractivity contribution in [3.05, 3.63) is 81.8 Å². The molecule has 9 nitrogen and oxygen atoms in total. The molecular formula is C27H26N6O3. The van der Waals surface area contributed by atoms with Crippen molar-refractivity contribution in [2.45, 2.75) is 33.2 Å². The lowest BCUT2D eigenvalue weighted by Crippen LogP contribution is -2.25. The first-order chi connectivity index (χ1) is 17.4. The largest absolute Gasteiger partial charge is 0.380 e. The molecule has 0 aliphatic carbocycles. The second-order valence-corrected chi connectivity index (χ2v) is 9.34. The van der Waals surface area contributed by atoms with Crippen LogP contribution in [0.2, 0.25) is 0 Å². The Morgan fingerprint density at radius 3 is 2.58 bits per heavy atom. The molecule has 182 valence electrons. The second kappa shape index (κ2) is 9.40. The average Bonchev–Trinajstić information content (AvgIpc) is 3.52. The number of ether oxygens (including phenoxy) is 1. The van der Waals surface area contributed by atoms with E-state index in [1.807, 2.05) is 55.5 Å². The van der Waals surface area contributed by atoms with Gasteiger partial charge < -0.3 is 14.6 Å². The lowest BCUT2D eigenvalue weighted by molar-refractivity contribution is -0.116. The SMILES string of the molecule is Cc1ccc(NC(=O)Cn2c(C)cc(=O)n3nc(-c4ccc(CC5(C#N)CCOC5)cc4)nc23)cc1. The highest BCUT2D eigenvalue weighted by atomic mass is 16.5. The summed E-state index contributed by atoms with van der Waals surface area (Å²) in [5.74, 6) is 0.449. The van der Waals surface area contributed by atoms with E-state index in [1.165, 1.54) is 10.6 Å². The highest BCUT2D eigenvalue weighted by Gasteiger charge is 2.35. The zero-order chi connectivity index (χ0) is 25.3. The number of nitriles is 1. The van der Waals surface area contributed by atoms with E-state index in [4.69, 9.17) is 4.74 Å². The van der Waals surface area contributed by atoms with E-state index in [9.17, 15) is 14.9 Å². The molecule has 1 aliphatic rings. The minimum Gasteiger partial charge on any atom is -0.380 e. The van der Waals surface area contributed by atoms with E-state index in [2.05, 4.69) is 21.5 Å². The van der Waals surface area contributed by atoms with Gasteiger partial charge in [0.1, 0.15) is 6.54 Å². The molecule has 36 heavy (non-hydrogen) atoms. The van der Waals surface area contributed by atoms with Gasteiger partial charge in [0, 0.05) is 29.6 Å². The third-order valence-corrected chi connectivity index (χ3v) is 6.53. The zero-order valence-electron chi connectivity index (χ0n) is 20.2. The smallest absolute Gasteiger partial charge is 0.275 e. The van der Waals surface area contributed by atoms with Crippen molar-refractivity contribution < 1.29 is 9.53 Å². The molecule has 1 saturated heterocycles. The molecule has 5 rings (SSSR count). The Bertz CT molecular complexity index is 1520. The summed E-state index contributed by atoms with van der Waals surface area (Å²) in [6.45, 7) is 4.79. The van der Waals surface area contributed by atoms with Gasteiger partial charge in [-0.25, -0.2) is 0 Å². The van der Waals surface area contributed by atoms with Crippen LogP contribution in [0, 0.1) is 30.6 Å². The van der Waals surface area contributed by atoms with Crippen LogP contribution in [-0.4, -0.2) is 38.3 Å². The first kappa shape index (κ1) is 23.5. The third kappa shape index (κ3) is 4.63. The number of fused-ring (bicyclic) bond motifs is 1. The highest BCUT2D eigenvalue weighted by Crippen LogP contribution is 2.32. The van der Waals surface area contributed by atoms with Crippen molar-refractivity contribution in [2.24, 2.45) is 5.41 Å². The zero-order valence-corrected chi connectivity index (χ0v) is 20.2. The molecule has 0 saturated carbocycles. The number of carbonyl (C=O) groups is 1. The minimum absolute atomic E-state index is 0.0150. The van der Waals surface area contributed by atoms with Crippen LogP contribution < -0.4 is 10.9 Å². The Hall–Kier alpha value is -4.29. The second-order valence-electron chi connectivity index (χ2n) is 9.34. The summed E-state index contributed by atoms with van der Waals surface area (Å²) in [7, 11) is 0. The fourth-order valence-electron chi connectivity index (χ4n) is 4.44. The first-order valence-corrected chi connectivity index (χ1v) is 11.8. The quantitative estimate of drug-likeness (QED) is 0.451. The molecule has 0 radical (unpaired) electrons. The van der Waals surface area contributed by atoms with Gasteiger partial charge in [0.2, 0.25) is 11.7 Å². The minimum atomic E-state index is -0.484. The van der Waals surface area contributed by atoms with Crippen LogP contribution in [0.4, 0.5) is 5.69 Å². The van der Waals surface area contributed by atoms with Crippen molar-refractivity contribution in [3.8, 4) is 17.5 Å². The number of rotatable bonds is 6. The van der Waals surface area contributed by atoms with Crippen molar-refractivity contribution in [3.63, 3.8) is 0 Å². The van der Waals surface area contributed by atoms with Crippen LogP contribution in [0.15, 0.2) is 59.4 Å². The number of nitrogens with one attached hydrogen (secondary N) is 1. The molecule has 1 fully saturated rings. The van der Waals surface area contributed by atoms with Crippen molar-refractivity contribution in [1.82, 2.24) is 19.2 Å². The van der Waals surface area contributed by atoms with E-state index >= 15 is 0 Å². The van der Waals surface area contributed by atoms with Crippen LogP contribution in [-0.2, 0) is 22.5 Å². The van der Waals surface area contributed by atoms with Crippen molar-refractivity contribution in [1.29, 1.82) is 5.26 Å². The van der Waals surface area contributed by atoms with Crippen LogP contribution in [0.3, 0.4) is 0 Å². The van der Waals surface area contributed by atoms with Crippen LogP contribution >= 0.6 is 0 Å². The van der Waals surface area contributed by atoms with Gasteiger partial charge in [0.05, 0.1) is 18.1 Å². The number of hydrogen-bond donors (Lipinski definition) is 1. The maximum absolute atomic E-state index is 12.8. The Balaban J connectivity index is 1.41. The van der Waals surface area contributed by atoms with Gasteiger partial charge >= 0.3 is 0 Å². The van der Waals surface area contributed by atoms with Crippen molar-refractivity contribution in [2.75, 3.05) is 18.5 Å². The Labute approximate surface area is 208 Å². The van der Waals surface area contributed by atoms with E-state index in [0.29, 0.717) is 42.6 Å². The monoisotopic (exact) mass is 482 g/mol. The molecule has 1 N–H and O–H groups in total. The van der Waals surface area contributed by atoms with Gasteiger partial charge in [0.15, 0.2) is 5.82 Å². The number of anilines is 1. The van der Waals surface area contributed by atoms with E-state index in [1.54, 1.807) is 11.5 Å². The molecule has 3 heterocycles. The Morgan fingerprint density at radius 1 is 1.17 bits per heavy atom. The predicted octanol–water partition coefficient (Wildman–Crippen LogP) is 3.29. The fourth-order valence-corrected chi connectivity index (χ4v) is 4.44. The van der Waals surface area contributed by atoms with Gasteiger partial charge in [-0.2, -0.15) is 14.8 Å². The number of hydrogen-bond acceptors (Lipinski definition) is 6. The summed E-state index contributed by atoms with van der Waals surface area (Å²) in [6, 6.07) is 19.1. The summed E-state index contributed by atoms with van der Waals surface area (Å²) >= 11 is 0. The number of benzene rings is 2. The van der Waals surface area contributed by atoms with Gasteiger partial charge in [0.25, 0.3) is 5.56 Å². The summed E-state index contributed by atoms with van der Waals surface area (Å²) < 4.78 is 8.33. The molecule has 9 heteroatoms. The van der Waals surface area contributed by atoms with Crippen LogP contribution in [0.1, 0.15) is 23.2 Å². The molecule has 0 spiro atoms. The van der Waals surface area contributed by atoms with Gasteiger partial charge in [-0.1, -0.05) is 42.0 Å². The lowest BCUT2D eigenvalue weighted by Gasteiger charge is -2.18. The van der Waals surface area contributed by atoms with E-state index in [0.717, 1.165) is 23.1 Å². The number of carbonyl (C=O) groups excluding carboxylic acids is 1. The molecule has 1 unspecified atom stereocenters. The van der Waals surface area contributed by atoms with E-state index in [-0.39, 0.29) is 18.0 Å². The van der Waals surface area contributed by atoms with Gasteiger partial charge in [-0.3, -0.25) is 9.59 Å². The molecule has 4 aromatic rings. The van der Waals surface area contributed by atoms with Crippen molar-refractivity contribution >= 4 is 17.4 Å². The highest BCUT2D eigenvalue weighted by molar-refractivity contribution is 5.90. The molecule has 2 aromatic carbocycles. The third-order valence-electron chi connectivity index (χ3n) is 6.53. The summed E-state index contributed by atoms with van der Waals surface area (Å²) in [5.41, 5.74) is 3.38. The number of nitrogens with zero attached hydrogens (tertiary/aromatic N) is 5. The maximum atomic E-state index is 12.8. The average molecular weight is 483 g/mol. The topological polar surface area (TPSA) is 114 Å². The standard InChI is InChI=1S/C27H26N6O3/c1-18-3-9-22(10-4-18)29-23(34)15-32-19(2)13-24(35)33-26(32)30-25(31-33)21-7-5-20(6-8-21)14-27(16-28)11-12-36-17-27/h3-10,13H,11-12,14-15,17H2,1-2H3,(H,29,34). The Morgan fingerprint density at radius 2 is 1.92 bits per heavy atom. The number of amides is 1. The molecular weight excluding hydrogens is 456 g/mol. The Kier molecular flexibility index (Phi) is 6.12. The predicted molar refractivity (Wildman–Crippen MR) is 134 cm³/mol. The lowest BCUT2D eigenvalue weighted by atomic mass is 9.82. The van der Waals surface area contributed by atoms with Gasteiger partial charge in [-0.15, -0.1) is 5.10 Å². The summed E-state index contributed by atoms with van der Waals surface area (Å²) in [5, 5.41) is 16.9. The normalized spacial score (nSPS) is 17.2. The number of aryl methyl sites for hydroxylation is 2. The van der Waals surface area contributed by atoms with Gasteiger partial charge in [-0.05, 0) is 44.4 Å². The number of aromatic nitrogens is 4. The summed E-state index contributed by atoms with van der Waals surface area (Å²) in [6.07, 6.45) is 1.34. The van der Waals surface area contributed by atoms with E-state index < -0.39 is 5.41 Å². The van der Waals surface area contributed by atoms with Crippen LogP contribution in [0.25, 0.3) is 17.2 Å². The van der Waals surface area contributed by atoms with Crippen LogP contribution in [0.5, 0.6) is 0 Å². The maximum Gasteiger partial charge on any atom is 0.275 e. The molecule has 0 bridgehead atoms. The fraction of sp³-hybridized carbons (Fsp3) is 0.296. The molecule has 2 aromatic heterocycles. The molecule has 1 atom stereocenters. The molecule has 1 amide bonds. The first-order valence-electron chi connectivity index (χ1n) is 11.8. The molecule has 1 aliphatic heterocycles. The summed E-state index contributed by atoms with van der Waals surface area (Å²) in [4.78, 5) is 30.0.